The van der Waals surface area contributed by atoms with Crippen LogP contribution in [0.3, 0.4) is 0 Å². The van der Waals surface area contributed by atoms with Crippen LogP contribution in [-0.4, -0.2) is 21.5 Å². The van der Waals surface area contributed by atoms with Crippen molar-refractivity contribution >= 4 is 28.5 Å². The van der Waals surface area contributed by atoms with Gasteiger partial charge in [-0.05, 0) is 42.7 Å². The van der Waals surface area contributed by atoms with Crippen molar-refractivity contribution in [1.29, 1.82) is 0 Å². The summed E-state index contributed by atoms with van der Waals surface area (Å²) in [5, 5.41) is 3.10. The molecular formula is C22H21ClF3N3O. The summed E-state index contributed by atoms with van der Waals surface area (Å²) in [6, 6.07) is 8.86. The third kappa shape index (κ3) is 4.46. The van der Waals surface area contributed by atoms with Crippen LogP contribution < -0.4 is 5.32 Å². The van der Waals surface area contributed by atoms with Crippen LogP contribution in [0.15, 0.2) is 42.7 Å². The van der Waals surface area contributed by atoms with Gasteiger partial charge in [-0.1, -0.05) is 43.0 Å². The number of amides is 1. The lowest BCUT2D eigenvalue weighted by molar-refractivity contribution is -0.137. The van der Waals surface area contributed by atoms with Gasteiger partial charge in [-0.25, -0.2) is 4.98 Å². The molecule has 8 heteroatoms. The Hall–Kier alpha value is -2.54. The van der Waals surface area contributed by atoms with Crippen LogP contribution in [0.5, 0.6) is 0 Å². The summed E-state index contributed by atoms with van der Waals surface area (Å²) >= 11 is 6.14. The van der Waals surface area contributed by atoms with Crippen molar-refractivity contribution in [2.75, 3.05) is 0 Å². The van der Waals surface area contributed by atoms with Crippen LogP contribution in [0.1, 0.15) is 37.7 Å². The molecule has 0 radical (unpaired) electrons. The maximum Gasteiger partial charge on any atom is 0.416 e. The minimum absolute atomic E-state index is 0.0188. The number of alkyl halides is 3. The van der Waals surface area contributed by atoms with Gasteiger partial charge >= 0.3 is 6.18 Å². The second kappa shape index (κ2) is 8.30. The van der Waals surface area contributed by atoms with Gasteiger partial charge in [0.1, 0.15) is 6.54 Å². The molecule has 0 atom stereocenters. The number of nitrogens with one attached hydrogen (secondary N) is 1. The van der Waals surface area contributed by atoms with E-state index in [1.54, 1.807) is 29.1 Å². The lowest BCUT2D eigenvalue weighted by Crippen LogP contribution is -2.38. The van der Waals surface area contributed by atoms with Crippen LogP contribution in [0.25, 0.3) is 22.2 Å². The molecule has 1 amide bonds. The summed E-state index contributed by atoms with van der Waals surface area (Å²) in [5.41, 5.74) is 1.79. The molecule has 1 aliphatic carbocycles. The maximum atomic E-state index is 12.9. The zero-order valence-electron chi connectivity index (χ0n) is 16.2. The Balaban J connectivity index is 1.58. The molecule has 0 saturated heterocycles. The number of rotatable bonds is 4. The van der Waals surface area contributed by atoms with Crippen molar-refractivity contribution in [3.05, 3.63) is 53.3 Å². The van der Waals surface area contributed by atoms with Crippen molar-refractivity contribution < 1.29 is 18.0 Å². The molecule has 2 aromatic carbocycles. The third-order valence-electron chi connectivity index (χ3n) is 5.51. The second-order valence-corrected chi connectivity index (χ2v) is 8.08. The van der Waals surface area contributed by atoms with E-state index >= 15 is 0 Å². The molecule has 4 rings (SSSR count). The number of hydrogen-bond acceptors (Lipinski definition) is 2. The van der Waals surface area contributed by atoms with Crippen molar-refractivity contribution in [3.63, 3.8) is 0 Å². The lowest BCUT2D eigenvalue weighted by atomic mass is 9.95. The number of imidazole rings is 1. The molecule has 0 spiro atoms. The SMILES string of the molecule is O=C(Cn1cnc2ccc(-c3ccc(C(F)(F)F)cc3Cl)cc21)NC1CCCCC1. The fourth-order valence-electron chi connectivity index (χ4n) is 3.95. The van der Waals surface area contributed by atoms with E-state index in [2.05, 4.69) is 10.3 Å². The summed E-state index contributed by atoms with van der Waals surface area (Å²) in [6.45, 7) is 0.136. The lowest BCUT2D eigenvalue weighted by Gasteiger charge is -2.22. The molecule has 1 aromatic heterocycles. The second-order valence-electron chi connectivity index (χ2n) is 7.67. The van der Waals surface area contributed by atoms with E-state index in [0.717, 1.165) is 43.3 Å². The Morgan fingerprint density at radius 3 is 2.60 bits per heavy atom. The van der Waals surface area contributed by atoms with E-state index in [1.165, 1.54) is 12.5 Å². The molecule has 1 N–H and O–H groups in total. The Morgan fingerprint density at radius 2 is 1.90 bits per heavy atom. The zero-order valence-corrected chi connectivity index (χ0v) is 16.9. The highest BCUT2D eigenvalue weighted by atomic mass is 35.5. The summed E-state index contributed by atoms with van der Waals surface area (Å²) in [5.74, 6) is -0.0702. The predicted octanol–water partition coefficient (Wildman–Crippen LogP) is 5.82. The van der Waals surface area contributed by atoms with Gasteiger partial charge in [-0.3, -0.25) is 4.79 Å². The van der Waals surface area contributed by atoms with Crippen molar-refractivity contribution in [2.45, 2.75) is 50.9 Å². The first-order valence-electron chi connectivity index (χ1n) is 9.92. The monoisotopic (exact) mass is 435 g/mol. The van der Waals surface area contributed by atoms with Crippen LogP contribution in [0.2, 0.25) is 5.02 Å². The van der Waals surface area contributed by atoms with E-state index in [9.17, 15) is 18.0 Å². The summed E-state index contributed by atoms with van der Waals surface area (Å²) in [4.78, 5) is 16.8. The highest BCUT2D eigenvalue weighted by Crippen LogP contribution is 2.36. The molecule has 1 saturated carbocycles. The normalized spacial score (nSPS) is 15.5. The van der Waals surface area contributed by atoms with E-state index in [0.29, 0.717) is 16.6 Å². The van der Waals surface area contributed by atoms with Gasteiger partial charge in [0.05, 0.1) is 22.9 Å². The largest absolute Gasteiger partial charge is 0.416 e. The quantitative estimate of drug-likeness (QED) is 0.561. The minimum atomic E-state index is -4.45. The molecule has 158 valence electrons. The number of hydrogen-bond donors (Lipinski definition) is 1. The van der Waals surface area contributed by atoms with Gasteiger partial charge in [-0.2, -0.15) is 13.2 Å². The van der Waals surface area contributed by atoms with Gasteiger partial charge in [0.15, 0.2) is 0 Å². The number of aromatic nitrogens is 2. The summed E-state index contributed by atoms with van der Waals surface area (Å²) in [7, 11) is 0. The summed E-state index contributed by atoms with van der Waals surface area (Å²) < 4.78 is 40.5. The highest BCUT2D eigenvalue weighted by Gasteiger charge is 2.31. The van der Waals surface area contributed by atoms with Crippen LogP contribution in [-0.2, 0) is 17.5 Å². The molecule has 3 aromatic rings. The van der Waals surface area contributed by atoms with Crippen LogP contribution in [0.4, 0.5) is 13.2 Å². The number of nitrogens with zero attached hydrogens (tertiary/aromatic N) is 2. The number of fused-ring (bicyclic) bond motifs is 1. The van der Waals surface area contributed by atoms with E-state index in [-0.39, 0.29) is 23.5 Å². The number of benzene rings is 2. The first kappa shape index (κ1) is 20.7. The van der Waals surface area contributed by atoms with Crippen LogP contribution >= 0.6 is 11.6 Å². The fraction of sp³-hybridized carbons (Fsp3) is 0.364. The van der Waals surface area contributed by atoms with Crippen LogP contribution in [0, 0.1) is 0 Å². The standard InChI is InChI=1S/C22H21ClF3N3O/c23-18-11-15(22(24,25)26)7-8-17(18)14-6-9-19-20(10-14)29(13-27-19)12-21(30)28-16-4-2-1-3-5-16/h6-11,13,16H,1-5,12H2,(H,28,30). The first-order chi connectivity index (χ1) is 14.3. The average Bonchev–Trinajstić information content (AvgIpc) is 3.10. The molecule has 1 heterocycles. The highest BCUT2D eigenvalue weighted by molar-refractivity contribution is 6.33. The molecule has 1 aliphatic rings. The van der Waals surface area contributed by atoms with Gasteiger partial charge in [-0.15, -0.1) is 0 Å². The molecule has 0 bridgehead atoms. The molecule has 1 fully saturated rings. The van der Waals surface area contributed by atoms with Gasteiger partial charge < -0.3 is 9.88 Å². The number of halogens is 4. The molecule has 4 nitrogen and oxygen atoms in total. The zero-order chi connectivity index (χ0) is 21.3. The van der Waals surface area contributed by atoms with Crippen molar-refractivity contribution in [3.8, 4) is 11.1 Å². The smallest absolute Gasteiger partial charge is 0.352 e. The maximum absolute atomic E-state index is 12.9. The summed E-state index contributed by atoms with van der Waals surface area (Å²) in [6.07, 6.45) is 2.65. The predicted molar refractivity (Wildman–Crippen MR) is 110 cm³/mol. The fourth-order valence-corrected chi connectivity index (χ4v) is 4.24. The van der Waals surface area contributed by atoms with E-state index < -0.39 is 11.7 Å². The average molecular weight is 436 g/mol. The Labute approximate surface area is 177 Å². The Morgan fingerprint density at radius 1 is 1.13 bits per heavy atom. The van der Waals surface area contributed by atoms with E-state index in [1.807, 2.05) is 0 Å². The minimum Gasteiger partial charge on any atom is -0.352 e. The molecule has 30 heavy (non-hydrogen) atoms. The topological polar surface area (TPSA) is 46.9 Å². The number of carbonyl (C=O) groups is 1. The van der Waals surface area contributed by atoms with Crippen molar-refractivity contribution in [1.82, 2.24) is 14.9 Å². The molecular weight excluding hydrogens is 415 g/mol. The van der Waals surface area contributed by atoms with Gasteiger partial charge in [0.2, 0.25) is 5.91 Å². The van der Waals surface area contributed by atoms with E-state index in [4.69, 9.17) is 11.6 Å². The Kier molecular flexibility index (Phi) is 5.73. The Bertz CT molecular complexity index is 1070. The first-order valence-corrected chi connectivity index (χ1v) is 10.3. The van der Waals surface area contributed by atoms with Gasteiger partial charge in [0.25, 0.3) is 0 Å². The molecule has 0 unspecified atom stereocenters. The van der Waals surface area contributed by atoms with Crippen molar-refractivity contribution in [2.24, 2.45) is 0 Å². The molecule has 0 aliphatic heterocycles. The third-order valence-corrected chi connectivity index (χ3v) is 5.83. The number of carbonyl (C=O) groups excluding carboxylic acids is 1. The van der Waals surface area contributed by atoms with Gasteiger partial charge in [0, 0.05) is 16.6 Å².